The zero-order valence-electron chi connectivity index (χ0n) is 18.3. The van der Waals surface area contributed by atoms with E-state index in [4.69, 9.17) is 4.98 Å². The predicted octanol–water partition coefficient (Wildman–Crippen LogP) is 5.37. The highest BCUT2D eigenvalue weighted by Gasteiger charge is 2.23. The molecule has 1 saturated carbocycles. The van der Waals surface area contributed by atoms with Crippen molar-refractivity contribution >= 4 is 22.6 Å². The number of hydrogen-bond donors (Lipinski definition) is 1. The zero-order chi connectivity index (χ0) is 20.4. The summed E-state index contributed by atoms with van der Waals surface area (Å²) >= 11 is 0. The van der Waals surface area contributed by atoms with Crippen LogP contribution in [0.3, 0.4) is 0 Å². The molecule has 1 saturated heterocycles. The topological polar surface area (TPSA) is 50.2 Å². The first-order valence-electron chi connectivity index (χ1n) is 11.6. The third-order valence-electron chi connectivity index (χ3n) is 6.76. The molecule has 0 radical (unpaired) electrons. The Hall–Kier alpha value is -1.88. The Bertz CT molecular complexity index is 842. The SMILES string of the molecule is CC1CCN(Cc2nc3cc(NC(=O)C4CCCCC4)ccc3n2C(C)C)CC1. The molecule has 0 bridgehead atoms. The van der Waals surface area contributed by atoms with E-state index in [9.17, 15) is 4.79 Å². The molecule has 29 heavy (non-hydrogen) atoms. The third kappa shape index (κ3) is 4.66. The quantitative estimate of drug-likeness (QED) is 0.739. The summed E-state index contributed by atoms with van der Waals surface area (Å²) in [5, 5.41) is 3.15. The van der Waals surface area contributed by atoms with E-state index in [1.54, 1.807) is 0 Å². The average molecular weight is 397 g/mol. The van der Waals surface area contributed by atoms with Gasteiger partial charge in [0.25, 0.3) is 0 Å². The molecule has 0 unspecified atom stereocenters. The lowest BCUT2D eigenvalue weighted by Gasteiger charge is -2.30. The van der Waals surface area contributed by atoms with Crippen LogP contribution in [0.4, 0.5) is 5.69 Å². The van der Waals surface area contributed by atoms with Crippen LogP contribution in [0.25, 0.3) is 11.0 Å². The number of hydrogen-bond acceptors (Lipinski definition) is 3. The second kappa shape index (κ2) is 8.86. The van der Waals surface area contributed by atoms with Crippen LogP contribution in [-0.2, 0) is 11.3 Å². The van der Waals surface area contributed by atoms with Gasteiger partial charge in [-0.3, -0.25) is 9.69 Å². The minimum atomic E-state index is 0.171. The Labute approximate surface area is 174 Å². The van der Waals surface area contributed by atoms with Crippen LogP contribution in [0.2, 0.25) is 0 Å². The van der Waals surface area contributed by atoms with E-state index in [2.05, 4.69) is 47.7 Å². The Morgan fingerprint density at radius 2 is 1.86 bits per heavy atom. The molecule has 2 aromatic rings. The van der Waals surface area contributed by atoms with Gasteiger partial charge in [0.05, 0.1) is 17.6 Å². The normalized spacial score (nSPS) is 19.9. The number of likely N-dealkylation sites (tertiary alicyclic amines) is 1. The van der Waals surface area contributed by atoms with E-state index in [0.717, 1.165) is 60.9 Å². The summed E-state index contributed by atoms with van der Waals surface area (Å²) in [6.07, 6.45) is 8.21. The summed E-state index contributed by atoms with van der Waals surface area (Å²) in [5.74, 6) is 2.32. The van der Waals surface area contributed by atoms with Crippen molar-refractivity contribution in [2.24, 2.45) is 11.8 Å². The summed E-state index contributed by atoms with van der Waals surface area (Å²) in [6.45, 7) is 10.0. The summed E-state index contributed by atoms with van der Waals surface area (Å²) in [7, 11) is 0. The number of rotatable bonds is 5. The second-order valence-corrected chi connectivity index (χ2v) is 9.48. The fourth-order valence-electron chi connectivity index (χ4n) is 4.94. The first-order valence-corrected chi connectivity index (χ1v) is 11.6. The van der Waals surface area contributed by atoms with Crippen LogP contribution >= 0.6 is 0 Å². The lowest BCUT2D eigenvalue weighted by Crippen LogP contribution is -2.33. The van der Waals surface area contributed by atoms with Crippen molar-refractivity contribution in [3.05, 3.63) is 24.0 Å². The average Bonchev–Trinajstić information content (AvgIpc) is 3.07. The van der Waals surface area contributed by atoms with E-state index in [1.807, 2.05) is 6.07 Å². The van der Waals surface area contributed by atoms with Crippen LogP contribution in [0.5, 0.6) is 0 Å². The number of carbonyl (C=O) groups is 1. The van der Waals surface area contributed by atoms with Crippen molar-refractivity contribution in [2.75, 3.05) is 18.4 Å². The smallest absolute Gasteiger partial charge is 0.227 e. The minimum Gasteiger partial charge on any atom is -0.326 e. The molecule has 4 rings (SSSR count). The second-order valence-electron chi connectivity index (χ2n) is 9.48. The van der Waals surface area contributed by atoms with Gasteiger partial charge >= 0.3 is 0 Å². The van der Waals surface area contributed by atoms with Gasteiger partial charge in [0.2, 0.25) is 5.91 Å². The maximum Gasteiger partial charge on any atom is 0.227 e. The molecule has 158 valence electrons. The van der Waals surface area contributed by atoms with Crippen molar-refractivity contribution in [1.29, 1.82) is 0 Å². The van der Waals surface area contributed by atoms with Crippen LogP contribution in [-0.4, -0.2) is 33.4 Å². The van der Waals surface area contributed by atoms with E-state index in [0.29, 0.717) is 6.04 Å². The fraction of sp³-hybridized carbons (Fsp3) is 0.667. The van der Waals surface area contributed by atoms with E-state index in [-0.39, 0.29) is 11.8 Å². The first-order chi connectivity index (χ1) is 14.0. The van der Waals surface area contributed by atoms with Crippen molar-refractivity contribution in [1.82, 2.24) is 14.5 Å². The molecule has 0 spiro atoms. The number of piperidine rings is 1. The van der Waals surface area contributed by atoms with Crippen molar-refractivity contribution in [3.63, 3.8) is 0 Å². The Morgan fingerprint density at radius 1 is 1.14 bits per heavy atom. The highest BCUT2D eigenvalue weighted by atomic mass is 16.1. The summed E-state index contributed by atoms with van der Waals surface area (Å²) in [4.78, 5) is 20.2. The zero-order valence-corrected chi connectivity index (χ0v) is 18.3. The standard InChI is InChI=1S/C24H36N4O/c1-17(2)28-22-10-9-20(25-24(29)19-7-5-4-6-8-19)15-21(22)26-23(28)16-27-13-11-18(3)12-14-27/h9-10,15,17-19H,4-8,11-14,16H2,1-3H3,(H,25,29). The van der Waals surface area contributed by atoms with Crippen LogP contribution < -0.4 is 5.32 Å². The van der Waals surface area contributed by atoms with Gasteiger partial charge in [0, 0.05) is 17.6 Å². The molecule has 1 N–H and O–H groups in total. The molecular weight excluding hydrogens is 360 g/mol. The Morgan fingerprint density at radius 3 is 2.55 bits per heavy atom. The third-order valence-corrected chi connectivity index (χ3v) is 6.76. The van der Waals surface area contributed by atoms with Gasteiger partial charge in [0.15, 0.2) is 0 Å². The molecule has 5 nitrogen and oxygen atoms in total. The molecule has 1 aliphatic heterocycles. The number of anilines is 1. The molecule has 1 aliphatic carbocycles. The van der Waals surface area contributed by atoms with Crippen LogP contribution in [0.1, 0.15) is 77.6 Å². The predicted molar refractivity (Wildman–Crippen MR) is 119 cm³/mol. The Balaban J connectivity index is 1.53. The molecule has 0 atom stereocenters. The van der Waals surface area contributed by atoms with Gasteiger partial charge < -0.3 is 9.88 Å². The van der Waals surface area contributed by atoms with Gasteiger partial charge in [-0.2, -0.15) is 0 Å². The van der Waals surface area contributed by atoms with Gasteiger partial charge in [-0.05, 0) is 76.7 Å². The number of carbonyl (C=O) groups excluding carboxylic acids is 1. The molecular formula is C24H36N4O. The summed E-state index contributed by atoms with van der Waals surface area (Å²) in [5.41, 5.74) is 3.02. The lowest BCUT2D eigenvalue weighted by molar-refractivity contribution is -0.120. The molecule has 2 fully saturated rings. The fourth-order valence-corrected chi connectivity index (χ4v) is 4.94. The number of fused-ring (bicyclic) bond motifs is 1. The van der Waals surface area contributed by atoms with Gasteiger partial charge in [-0.25, -0.2) is 4.98 Å². The van der Waals surface area contributed by atoms with E-state index in [1.165, 1.54) is 32.1 Å². The number of nitrogens with zero attached hydrogens (tertiary/aromatic N) is 3. The Kier molecular flexibility index (Phi) is 6.23. The van der Waals surface area contributed by atoms with Crippen LogP contribution in [0, 0.1) is 11.8 Å². The lowest BCUT2D eigenvalue weighted by atomic mass is 9.88. The highest BCUT2D eigenvalue weighted by Crippen LogP contribution is 2.28. The monoisotopic (exact) mass is 396 g/mol. The largest absolute Gasteiger partial charge is 0.326 e. The van der Waals surface area contributed by atoms with Gasteiger partial charge in [-0.1, -0.05) is 26.2 Å². The first kappa shape index (κ1) is 20.4. The van der Waals surface area contributed by atoms with Crippen molar-refractivity contribution < 1.29 is 4.79 Å². The van der Waals surface area contributed by atoms with Gasteiger partial charge in [-0.15, -0.1) is 0 Å². The molecule has 1 amide bonds. The number of amides is 1. The summed E-state index contributed by atoms with van der Waals surface area (Å²) < 4.78 is 2.36. The summed E-state index contributed by atoms with van der Waals surface area (Å²) in [6, 6.07) is 6.58. The maximum atomic E-state index is 12.6. The molecule has 1 aromatic carbocycles. The molecule has 1 aromatic heterocycles. The maximum absolute atomic E-state index is 12.6. The van der Waals surface area contributed by atoms with Crippen LogP contribution in [0.15, 0.2) is 18.2 Å². The number of imidazole rings is 1. The number of nitrogens with one attached hydrogen (secondary N) is 1. The van der Waals surface area contributed by atoms with Crippen molar-refractivity contribution in [2.45, 2.75) is 78.3 Å². The van der Waals surface area contributed by atoms with E-state index >= 15 is 0 Å². The molecule has 5 heteroatoms. The minimum absolute atomic E-state index is 0.171. The van der Waals surface area contributed by atoms with E-state index < -0.39 is 0 Å². The van der Waals surface area contributed by atoms with Crippen molar-refractivity contribution in [3.8, 4) is 0 Å². The molecule has 2 heterocycles. The highest BCUT2D eigenvalue weighted by molar-refractivity contribution is 5.94. The number of benzene rings is 1. The number of aromatic nitrogens is 2. The molecule has 2 aliphatic rings. The van der Waals surface area contributed by atoms with Gasteiger partial charge in [0.1, 0.15) is 5.82 Å².